The highest BCUT2D eigenvalue weighted by molar-refractivity contribution is 5.78. The lowest BCUT2D eigenvalue weighted by Crippen LogP contribution is -2.51. The van der Waals surface area contributed by atoms with E-state index in [1.807, 2.05) is 20.9 Å². The molecule has 1 aliphatic rings. The van der Waals surface area contributed by atoms with Crippen LogP contribution in [0.15, 0.2) is 0 Å². The van der Waals surface area contributed by atoms with Crippen LogP contribution in [0.2, 0.25) is 0 Å². The van der Waals surface area contributed by atoms with E-state index < -0.39 is 0 Å². The molecule has 1 amide bonds. The Kier molecular flexibility index (Phi) is 5.60. The molecule has 4 nitrogen and oxygen atoms in total. The van der Waals surface area contributed by atoms with Crippen molar-refractivity contribution in [1.29, 1.82) is 0 Å². The number of rotatable bonds is 6. The molecular weight excluding hydrogens is 228 g/mol. The molecule has 18 heavy (non-hydrogen) atoms. The predicted molar refractivity (Wildman–Crippen MR) is 73.4 cm³/mol. The highest BCUT2D eigenvalue weighted by Crippen LogP contribution is 2.30. The van der Waals surface area contributed by atoms with Crippen molar-refractivity contribution >= 4 is 5.91 Å². The van der Waals surface area contributed by atoms with E-state index >= 15 is 0 Å². The SMILES string of the molecule is CNC1(CC(=O)NC(C)(C)CCO)CCCCC1. The van der Waals surface area contributed by atoms with E-state index in [1.54, 1.807) is 0 Å². The Hall–Kier alpha value is -0.610. The summed E-state index contributed by atoms with van der Waals surface area (Å²) in [6, 6.07) is 0. The maximum atomic E-state index is 12.1. The maximum Gasteiger partial charge on any atom is 0.222 e. The van der Waals surface area contributed by atoms with Gasteiger partial charge in [0.15, 0.2) is 0 Å². The van der Waals surface area contributed by atoms with Gasteiger partial charge in [-0.05, 0) is 40.2 Å². The van der Waals surface area contributed by atoms with E-state index in [1.165, 1.54) is 19.3 Å². The number of carbonyl (C=O) groups excluding carboxylic acids is 1. The quantitative estimate of drug-likeness (QED) is 0.676. The van der Waals surface area contributed by atoms with Gasteiger partial charge in [-0.3, -0.25) is 4.79 Å². The van der Waals surface area contributed by atoms with Crippen LogP contribution in [-0.4, -0.2) is 35.7 Å². The van der Waals surface area contributed by atoms with Gasteiger partial charge in [-0.25, -0.2) is 0 Å². The van der Waals surface area contributed by atoms with E-state index in [0.29, 0.717) is 12.8 Å². The number of nitrogens with one attached hydrogen (secondary N) is 2. The lowest BCUT2D eigenvalue weighted by atomic mass is 9.79. The number of hydrogen-bond donors (Lipinski definition) is 3. The summed E-state index contributed by atoms with van der Waals surface area (Å²) in [6.45, 7) is 4.01. The molecular formula is C14H28N2O2. The van der Waals surface area contributed by atoms with Crippen LogP contribution in [0.3, 0.4) is 0 Å². The maximum absolute atomic E-state index is 12.1. The molecule has 0 saturated heterocycles. The Labute approximate surface area is 111 Å². The number of carbonyl (C=O) groups is 1. The molecule has 0 unspecified atom stereocenters. The first-order valence-corrected chi connectivity index (χ1v) is 7.04. The number of aliphatic hydroxyl groups excluding tert-OH is 1. The van der Waals surface area contributed by atoms with Gasteiger partial charge in [-0.1, -0.05) is 19.3 Å². The van der Waals surface area contributed by atoms with Crippen LogP contribution in [0.4, 0.5) is 0 Å². The summed E-state index contributed by atoms with van der Waals surface area (Å²) in [5.41, 5.74) is -0.340. The Bertz CT molecular complexity index is 271. The monoisotopic (exact) mass is 256 g/mol. The van der Waals surface area contributed by atoms with Crippen LogP contribution in [0, 0.1) is 0 Å². The standard InChI is InChI=1S/C14H28N2O2/c1-13(2,9-10-17)16-12(18)11-14(15-3)7-5-4-6-8-14/h15,17H,4-11H2,1-3H3,(H,16,18). The number of hydrogen-bond acceptors (Lipinski definition) is 3. The van der Waals surface area contributed by atoms with Crippen LogP contribution >= 0.6 is 0 Å². The van der Waals surface area contributed by atoms with Gasteiger partial charge in [0.25, 0.3) is 0 Å². The van der Waals surface area contributed by atoms with Crippen LogP contribution < -0.4 is 10.6 Å². The van der Waals surface area contributed by atoms with Crippen molar-refractivity contribution in [3.05, 3.63) is 0 Å². The van der Waals surface area contributed by atoms with Gasteiger partial charge in [0.05, 0.1) is 0 Å². The smallest absolute Gasteiger partial charge is 0.222 e. The first kappa shape index (κ1) is 15.4. The molecule has 1 aliphatic carbocycles. The Morgan fingerprint density at radius 2 is 1.89 bits per heavy atom. The van der Waals surface area contributed by atoms with Gasteiger partial charge in [0.1, 0.15) is 0 Å². The van der Waals surface area contributed by atoms with Crippen LogP contribution in [-0.2, 0) is 4.79 Å². The predicted octanol–water partition coefficient (Wildman–Crippen LogP) is 1.58. The lowest BCUT2D eigenvalue weighted by Gasteiger charge is -2.37. The van der Waals surface area contributed by atoms with Crippen molar-refractivity contribution in [2.45, 2.75) is 69.9 Å². The van der Waals surface area contributed by atoms with Crippen molar-refractivity contribution in [2.24, 2.45) is 0 Å². The van der Waals surface area contributed by atoms with Gasteiger partial charge in [0.2, 0.25) is 5.91 Å². The molecule has 0 aromatic rings. The Morgan fingerprint density at radius 3 is 2.39 bits per heavy atom. The molecule has 0 spiro atoms. The average molecular weight is 256 g/mol. The van der Waals surface area contributed by atoms with Gasteiger partial charge in [0, 0.05) is 24.1 Å². The topological polar surface area (TPSA) is 61.4 Å². The van der Waals surface area contributed by atoms with Gasteiger partial charge < -0.3 is 15.7 Å². The van der Waals surface area contributed by atoms with Crippen molar-refractivity contribution in [2.75, 3.05) is 13.7 Å². The van der Waals surface area contributed by atoms with E-state index in [4.69, 9.17) is 5.11 Å². The number of aliphatic hydroxyl groups is 1. The average Bonchev–Trinajstić information content (AvgIpc) is 2.29. The van der Waals surface area contributed by atoms with Crippen LogP contribution in [0.1, 0.15) is 58.8 Å². The first-order chi connectivity index (χ1) is 8.43. The minimum atomic E-state index is -0.324. The van der Waals surface area contributed by atoms with Crippen molar-refractivity contribution in [3.63, 3.8) is 0 Å². The largest absolute Gasteiger partial charge is 0.396 e. The fourth-order valence-corrected chi connectivity index (χ4v) is 2.81. The van der Waals surface area contributed by atoms with E-state index in [9.17, 15) is 4.79 Å². The molecule has 1 saturated carbocycles. The highest BCUT2D eigenvalue weighted by atomic mass is 16.3. The minimum absolute atomic E-state index is 0.0162. The van der Waals surface area contributed by atoms with Crippen LogP contribution in [0.25, 0.3) is 0 Å². The minimum Gasteiger partial charge on any atom is -0.396 e. The summed E-state index contributed by atoms with van der Waals surface area (Å²) in [7, 11) is 1.96. The number of amides is 1. The molecule has 0 aromatic carbocycles. The summed E-state index contributed by atoms with van der Waals surface area (Å²) in [6.07, 6.45) is 6.97. The van der Waals surface area contributed by atoms with Gasteiger partial charge in [-0.15, -0.1) is 0 Å². The van der Waals surface area contributed by atoms with Crippen molar-refractivity contribution in [1.82, 2.24) is 10.6 Å². The zero-order chi connectivity index (χ0) is 13.6. The fraction of sp³-hybridized carbons (Fsp3) is 0.929. The third-order valence-electron chi connectivity index (χ3n) is 4.05. The summed E-state index contributed by atoms with van der Waals surface area (Å²) in [5.74, 6) is 0.0877. The summed E-state index contributed by atoms with van der Waals surface area (Å²) in [5, 5.41) is 15.3. The molecule has 4 heteroatoms. The lowest BCUT2D eigenvalue weighted by molar-refractivity contribution is -0.124. The summed E-state index contributed by atoms with van der Waals surface area (Å²) >= 11 is 0. The molecule has 106 valence electrons. The van der Waals surface area contributed by atoms with Crippen LogP contribution in [0.5, 0.6) is 0 Å². The zero-order valence-corrected chi connectivity index (χ0v) is 12.0. The molecule has 1 fully saturated rings. The fourth-order valence-electron chi connectivity index (χ4n) is 2.81. The molecule has 1 rings (SSSR count). The molecule has 0 aromatic heterocycles. The van der Waals surface area contributed by atoms with Gasteiger partial charge in [-0.2, -0.15) is 0 Å². The summed E-state index contributed by atoms with van der Waals surface area (Å²) < 4.78 is 0. The van der Waals surface area contributed by atoms with E-state index in [2.05, 4.69) is 10.6 Å². The second kappa shape index (κ2) is 6.53. The third-order valence-corrected chi connectivity index (χ3v) is 4.05. The van der Waals surface area contributed by atoms with Crippen molar-refractivity contribution < 1.29 is 9.90 Å². The normalized spacial score (nSPS) is 19.6. The molecule has 0 bridgehead atoms. The molecule has 0 radical (unpaired) electrons. The third kappa shape index (κ3) is 4.58. The molecule has 0 atom stereocenters. The van der Waals surface area contributed by atoms with Crippen molar-refractivity contribution in [3.8, 4) is 0 Å². The first-order valence-electron chi connectivity index (χ1n) is 7.04. The zero-order valence-electron chi connectivity index (χ0n) is 12.0. The second-order valence-electron chi connectivity index (χ2n) is 6.17. The second-order valence-corrected chi connectivity index (χ2v) is 6.17. The molecule has 0 heterocycles. The highest BCUT2D eigenvalue weighted by Gasteiger charge is 2.33. The molecule has 3 N–H and O–H groups in total. The van der Waals surface area contributed by atoms with E-state index in [-0.39, 0.29) is 23.6 Å². The Morgan fingerprint density at radius 1 is 1.28 bits per heavy atom. The Balaban J connectivity index is 2.51. The molecule has 0 aliphatic heterocycles. The van der Waals surface area contributed by atoms with E-state index in [0.717, 1.165) is 12.8 Å². The van der Waals surface area contributed by atoms with Gasteiger partial charge >= 0.3 is 0 Å². The summed E-state index contributed by atoms with van der Waals surface area (Å²) in [4.78, 5) is 12.1.